The summed E-state index contributed by atoms with van der Waals surface area (Å²) < 4.78 is 0. The first-order valence-electron chi connectivity index (χ1n) is 3.89. The Morgan fingerprint density at radius 1 is 1.27 bits per heavy atom. The van der Waals surface area contributed by atoms with E-state index in [0.29, 0.717) is 0 Å². The summed E-state index contributed by atoms with van der Waals surface area (Å²) in [6.07, 6.45) is -1.37. The molecule has 0 aliphatic heterocycles. The topological polar surface area (TPSA) is 133 Å². The minimum Gasteiger partial charge on any atom is -0.481 e. The number of carbonyl (C=O) groups excluding carboxylic acids is 2. The third-order valence-electron chi connectivity index (χ3n) is 1.55. The molecule has 0 aliphatic carbocycles. The van der Waals surface area contributed by atoms with Gasteiger partial charge in [0, 0.05) is 6.42 Å². The molecule has 0 aliphatic rings. The molecular formula is C8H9NO6. The van der Waals surface area contributed by atoms with Gasteiger partial charge in [0.05, 0.1) is 12.1 Å². The monoisotopic (exact) mass is 215 g/mol. The van der Waals surface area contributed by atoms with E-state index in [9.17, 15) is 19.2 Å². The molecule has 0 rings (SSSR count). The van der Waals surface area contributed by atoms with Crippen molar-refractivity contribution in [3.63, 3.8) is 0 Å². The van der Waals surface area contributed by atoms with Gasteiger partial charge in [-0.1, -0.05) is 0 Å². The van der Waals surface area contributed by atoms with Gasteiger partial charge >= 0.3 is 11.9 Å². The molecule has 0 aromatic rings. The highest BCUT2D eigenvalue weighted by Crippen LogP contribution is 2.03. The summed E-state index contributed by atoms with van der Waals surface area (Å²) in [6, 6.07) is 0. The van der Waals surface area contributed by atoms with E-state index in [1.165, 1.54) is 0 Å². The van der Waals surface area contributed by atoms with Gasteiger partial charge in [-0.25, -0.2) is 0 Å². The molecule has 0 amide bonds. The number of aliphatic carboxylic acids is 2. The fourth-order valence-electron chi connectivity index (χ4n) is 0.766. The van der Waals surface area contributed by atoms with Crippen molar-refractivity contribution >= 4 is 29.7 Å². The Balaban J connectivity index is 4.35. The molecule has 0 radical (unpaired) electrons. The second-order valence-electron chi connectivity index (χ2n) is 2.76. The number of carboxylic acid groups (broad SMARTS) is 2. The highest BCUT2D eigenvalue weighted by Gasteiger charge is 2.23. The zero-order valence-corrected chi connectivity index (χ0v) is 7.60. The molecule has 82 valence electrons. The Morgan fingerprint density at radius 2 is 1.80 bits per heavy atom. The van der Waals surface area contributed by atoms with E-state index in [2.05, 4.69) is 0 Å². The molecule has 0 saturated heterocycles. The van der Waals surface area contributed by atoms with Gasteiger partial charge in [0.15, 0.2) is 5.78 Å². The summed E-state index contributed by atoms with van der Waals surface area (Å²) in [4.78, 5) is 41.7. The van der Waals surface area contributed by atoms with Gasteiger partial charge in [-0.3, -0.25) is 14.4 Å². The zero-order valence-electron chi connectivity index (χ0n) is 7.60. The molecule has 15 heavy (non-hydrogen) atoms. The quantitative estimate of drug-likeness (QED) is 0.293. The SMILES string of the molecule is N=C(CC(=O)O)C(=O)CC(C=O)C(=O)O. The lowest BCUT2D eigenvalue weighted by Gasteiger charge is -2.03. The Morgan fingerprint density at radius 3 is 2.13 bits per heavy atom. The van der Waals surface area contributed by atoms with Crippen molar-refractivity contribution in [3.05, 3.63) is 0 Å². The molecule has 0 fully saturated rings. The number of nitrogens with one attached hydrogen (secondary N) is 1. The molecule has 3 N–H and O–H groups in total. The maximum Gasteiger partial charge on any atom is 0.314 e. The number of hydrogen-bond acceptors (Lipinski definition) is 5. The normalized spacial score (nSPS) is 11.5. The number of ketones is 1. The first kappa shape index (κ1) is 12.9. The molecule has 0 bridgehead atoms. The van der Waals surface area contributed by atoms with E-state index in [4.69, 9.17) is 15.6 Å². The summed E-state index contributed by atoms with van der Waals surface area (Å²) in [7, 11) is 0. The molecule has 0 aromatic heterocycles. The summed E-state index contributed by atoms with van der Waals surface area (Å²) in [5.74, 6) is -5.30. The van der Waals surface area contributed by atoms with Crippen LogP contribution in [0.3, 0.4) is 0 Å². The summed E-state index contributed by atoms with van der Waals surface area (Å²) in [6.45, 7) is 0. The lowest BCUT2D eigenvalue weighted by atomic mass is 10.0. The van der Waals surface area contributed by atoms with Crippen LogP contribution in [0.2, 0.25) is 0 Å². The molecule has 7 heteroatoms. The Bertz CT molecular complexity index is 321. The van der Waals surface area contributed by atoms with Crippen LogP contribution in [0.4, 0.5) is 0 Å². The first-order chi connectivity index (χ1) is 6.88. The van der Waals surface area contributed by atoms with E-state index < -0.39 is 42.2 Å². The van der Waals surface area contributed by atoms with Gasteiger partial charge in [0.25, 0.3) is 0 Å². The molecule has 7 nitrogen and oxygen atoms in total. The molecule has 1 unspecified atom stereocenters. The third kappa shape index (κ3) is 4.65. The van der Waals surface area contributed by atoms with E-state index in [0.717, 1.165) is 0 Å². The maximum atomic E-state index is 11.0. The van der Waals surface area contributed by atoms with Crippen LogP contribution in [-0.2, 0) is 19.2 Å². The third-order valence-corrected chi connectivity index (χ3v) is 1.55. The number of aldehydes is 1. The average molecular weight is 215 g/mol. The van der Waals surface area contributed by atoms with E-state index in [1.54, 1.807) is 0 Å². The van der Waals surface area contributed by atoms with Crippen molar-refractivity contribution in [3.8, 4) is 0 Å². The lowest BCUT2D eigenvalue weighted by molar-refractivity contribution is -0.145. The predicted molar refractivity (Wildman–Crippen MR) is 46.8 cm³/mol. The zero-order chi connectivity index (χ0) is 12.0. The van der Waals surface area contributed by atoms with Gasteiger partial charge < -0.3 is 20.4 Å². The van der Waals surface area contributed by atoms with Gasteiger partial charge in [-0.2, -0.15) is 0 Å². The molecule has 0 aromatic carbocycles. The van der Waals surface area contributed by atoms with Crippen molar-refractivity contribution in [1.29, 1.82) is 5.41 Å². The first-order valence-corrected chi connectivity index (χ1v) is 3.89. The lowest BCUT2D eigenvalue weighted by Crippen LogP contribution is -2.24. The highest BCUT2D eigenvalue weighted by molar-refractivity contribution is 6.41. The van der Waals surface area contributed by atoms with Crippen LogP contribution < -0.4 is 0 Å². The number of carbonyl (C=O) groups is 4. The Kier molecular flexibility index (Phi) is 4.86. The van der Waals surface area contributed by atoms with E-state index in [-0.39, 0.29) is 6.29 Å². The Hall–Kier alpha value is -2.05. The van der Waals surface area contributed by atoms with E-state index >= 15 is 0 Å². The van der Waals surface area contributed by atoms with Crippen LogP contribution in [0.15, 0.2) is 0 Å². The van der Waals surface area contributed by atoms with Gasteiger partial charge in [0.2, 0.25) is 0 Å². The van der Waals surface area contributed by atoms with Gasteiger partial charge in [0.1, 0.15) is 12.2 Å². The number of Topliss-reactive ketones (excluding diaryl/α,β-unsaturated/α-hetero) is 1. The summed E-state index contributed by atoms with van der Waals surface area (Å²) >= 11 is 0. The van der Waals surface area contributed by atoms with Crippen molar-refractivity contribution in [1.82, 2.24) is 0 Å². The van der Waals surface area contributed by atoms with Crippen LogP contribution in [0.1, 0.15) is 12.8 Å². The molecule has 0 heterocycles. The summed E-state index contributed by atoms with van der Waals surface area (Å²) in [5, 5.41) is 23.7. The number of hydrogen-bond donors (Lipinski definition) is 3. The average Bonchev–Trinajstić information content (AvgIpc) is 2.11. The largest absolute Gasteiger partial charge is 0.481 e. The maximum absolute atomic E-state index is 11.0. The van der Waals surface area contributed by atoms with Crippen molar-refractivity contribution in [2.45, 2.75) is 12.8 Å². The molecule has 0 spiro atoms. The smallest absolute Gasteiger partial charge is 0.314 e. The van der Waals surface area contributed by atoms with Crippen LogP contribution in [0.5, 0.6) is 0 Å². The predicted octanol–water partition coefficient (Wildman–Crippen LogP) is -0.660. The van der Waals surface area contributed by atoms with Crippen LogP contribution >= 0.6 is 0 Å². The standard InChI is InChI=1S/C8H9NO6/c9-5(2-7(12)13)6(11)1-4(3-10)8(14)15/h3-4,9H,1-2H2,(H,12,13)(H,14,15). The minimum absolute atomic E-state index is 0.0777. The second kappa shape index (κ2) is 5.63. The van der Waals surface area contributed by atoms with Crippen LogP contribution in [-0.4, -0.2) is 39.9 Å². The molecular weight excluding hydrogens is 206 g/mol. The van der Waals surface area contributed by atoms with Crippen LogP contribution in [0, 0.1) is 11.3 Å². The fraction of sp³-hybridized carbons (Fsp3) is 0.375. The van der Waals surface area contributed by atoms with Gasteiger partial charge in [-0.15, -0.1) is 0 Å². The van der Waals surface area contributed by atoms with E-state index in [1.807, 2.05) is 0 Å². The molecule has 0 saturated carbocycles. The minimum atomic E-state index is -1.52. The fourth-order valence-corrected chi connectivity index (χ4v) is 0.766. The second-order valence-corrected chi connectivity index (χ2v) is 2.76. The number of rotatable bonds is 7. The van der Waals surface area contributed by atoms with Crippen molar-refractivity contribution in [2.24, 2.45) is 5.92 Å². The van der Waals surface area contributed by atoms with Crippen molar-refractivity contribution < 1.29 is 29.4 Å². The summed E-state index contributed by atoms with van der Waals surface area (Å²) in [5.41, 5.74) is -0.712. The van der Waals surface area contributed by atoms with Crippen LogP contribution in [0.25, 0.3) is 0 Å². The number of carboxylic acids is 2. The highest BCUT2D eigenvalue weighted by atomic mass is 16.4. The van der Waals surface area contributed by atoms with Gasteiger partial charge in [-0.05, 0) is 0 Å². The Labute approximate surface area is 84.2 Å². The van der Waals surface area contributed by atoms with Crippen molar-refractivity contribution in [2.75, 3.05) is 0 Å². The molecule has 1 atom stereocenters.